The van der Waals surface area contributed by atoms with Crippen LogP contribution in [0.15, 0.2) is 15.9 Å². The van der Waals surface area contributed by atoms with Crippen LogP contribution in [0.3, 0.4) is 0 Å². The minimum Gasteiger partial charge on any atom is -0.392 e. The predicted octanol–water partition coefficient (Wildman–Crippen LogP) is 1.54. The smallest absolute Gasteiger partial charge is 0.236 e. The summed E-state index contributed by atoms with van der Waals surface area (Å²) in [7, 11) is 1.82. The van der Waals surface area contributed by atoms with Gasteiger partial charge in [0.2, 0.25) is 5.91 Å². The molecule has 0 bridgehead atoms. The molecular formula is C12H17BrN2O2S. The maximum absolute atomic E-state index is 12.0. The van der Waals surface area contributed by atoms with E-state index in [2.05, 4.69) is 15.9 Å². The summed E-state index contributed by atoms with van der Waals surface area (Å²) in [6.45, 7) is 2.47. The molecule has 0 unspecified atom stereocenters. The van der Waals surface area contributed by atoms with Gasteiger partial charge in [0.1, 0.15) is 0 Å². The van der Waals surface area contributed by atoms with E-state index in [1.54, 1.807) is 16.2 Å². The average molecular weight is 333 g/mol. The lowest BCUT2D eigenvalue weighted by atomic mass is 10.3. The molecule has 0 spiro atoms. The molecule has 1 N–H and O–H groups in total. The average Bonchev–Trinajstić information content (AvgIpc) is 2.88. The molecule has 4 nitrogen and oxygen atoms in total. The molecule has 0 radical (unpaired) electrons. The standard InChI is InChI=1S/C12H17BrN2O2S/c1-14(6-11-4-9(13)8-18-11)12(17)7-15-3-2-10(16)5-15/h4,8,10,16H,2-3,5-7H2,1H3/t10-/m1/s1. The summed E-state index contributed by atoms with van der Waals surface area (Å²) in [4.78, 5) is 16.9. The molecule has 1 saturated heterocycles. The van der Waals surface area contributed by atoms with E-state index in [1.807, 2.05) is 23.4 Å². The number of hydrogen-bond donors (Lipinski definition) is 1. The highest BCUT2D eigenvalue weighted by molar-refractivity contribution is 9.10. The molecule has 100 valence electrons. The van der Waals surface area contributed by atoms with Crippen molar-refractivity contribution < 1.29 is 9.90 Å². The number of thiophene rings is 1. The molecule has 6 heteroatoms. The van der Waals surface area contributed by atoms with Crippen LogP contribution in [-0.4, -0.2) is 53.6 Å². The number of likely N-dealkylation sites (N-methyl/N-ethyl adjacent to an activating group) is 1. The van der Waals surface area contributed by atoms with Gasteiger partial charge in [-0.15, -0.1) is 11.3 Å². The highest BCUT2D eigenvalue weighted by atomic mass is 79.9. The van der Waals surface area contributed by atoms with Crippen molar-refractivity contribution in [1.82, 2.24) is 9.80 Å². The van der Waals surface area contributed by atoms with E-state index in [0.717, 1.165) is 17.4 Å². The van der Waals surface area contributed by atoms with Crippen molar-refractivity contribution in [3.05, 3.63) is 20.8 Å². The van der Waals surface area contributed by atoms with Crippen LogP contribution in [0.1, 0.15) is 11.3 Å². The van der Waals surface area contributed by atoms with Crippen molar-refractivity contribution in [3.8, 4) is 0 Å². The van der Waals surface area contributed by atoms with Crippen LogP contribution in [0.4, 0.5) is 0 Å². The fourth-order valence-corrected chi connectivity index (χ4v) is 3.53. The van der Waals surface area contributed by atoms with E-state index < -0.39 is 0 Å². The number of hydrogen-bond acceptors (Lipinski definition) is 4. The highest BCUT2D eigenvalue weighted by Gasteiger charge is 2.23. The Kier molecular flexibility index (Phi) is 4.77. The van der Waals surface area contributed by atoms with Crippen LogP contribution in [0.2, 0.25) is 0 Å². The largest absolute Gasteiger partial charge is 0.392 e. The number of carbonyl (C=O) groups is 1. The monoisotopic (exact) mass is 332 g/mol. The number of aliphatic hydroxyl groups excluding tert-OH is 1. The Hall–Kier alpha value is -0.430. The highest BCUT2D eigenvalue weighted by Crippen LogP contribution is 2.21. The lowest BCUT2D eigenvalue weighted by Crippen LogP contribution is -2.37. The molecule has 2 heterocycles. The van der Waals surface area contributed by atoms with Crippen LogP contribution >= 0.6 is 27.3 Å². The summed E-state index contributed by atoms with van der Waals surface area (Å²) in [6, 6.07) is 2.04. The fourth-order valence-electron chi connectivity index (χ4n) is 2.03. The Morgan fingerprint density at radius 2 is 2.50 bits per heavy atom. The second kappa shape index (κ2) is 6.14. The van der Waals surface area contributed by atoms with Gasteiger partial charge in [0.05, 0.1) is 19.2 Å². The number of carbonyl (C=O) groups excluding carboxylic acids is 1. The third-order valence-corrected chi connectivity index (χ3v) is 4.73. The van der Waals surface area contributed by atoms with E-state index >= 15 is 0 Å². The second-order valence-electron chi connectivity index (χ2n) is 4.66. The summed E-state index contributed by atoms with van der Waals surface area (Å²) < 4.78 is 1.06. The van der Waals surface area contributed by atoms with Gasteiger partial charge in [-0.25, -0.2) is 0 Å². The predicted molar refractivity (Wildman–Crippen MR) is 75.6 cm³/mol. The summed E-state index contributed by atoms with van der Waals surface area (Å²) in [6.07, 6.45) is 0.505. The van der Waals surface area contributed by atoms with Crippen molar-refractivity contribution in [3.63, 3.8) is 0 Å². The molecule has 1 atom stereocenters. The van der Waals surface area contributed by atoms with Gasteiger partial charge in [0.25, 0.3) is 0 Å². The Morgan fingerprint density at radius 1 is 1.72 bits per heavy atom. The molecule has 1 aromatic heterocycles. The Morgan fingerprint density at radius 3 is 3.06 bits per heavy atom. The third-order valence-electron chi connectivity index (χ3n) is 3.05. The van der Waals surface area contributed by atoms with E-state index in [9.17, 15) is 9.90 Å². The van der Waals surface area contributed by atoms with Gasteiger partial charge in [0.15, 0.2) is 0 Å². The maximum atomic E-state index is 12.0. The number of β-amino-alcohol motifs (C(OH)–C–C–N with tert-alkyl or cyclic N) is 1. The quantitative estimate of drug-likeness (QED) is 0.909. The lowest BCUT2D eigenvalue weighted by molar-refractivity contribution is -0.131. The Bertz CT molecular complexity index is 424. The van der Waals surface area contributed by atoms with Gasteiger partial charge >= 0.3 is 0 Å². The summed E-state index contributed by atoms with van der Waals surface area (Å²) in [5.74, 6) is 0.105. The minimum atomic E-state index is -0.267. The molecule has 18 heavy (non-hydrogen) atoms. The Labute approximate surface area is 119 Å². The van der Waals surface area contributed by atoms with E-state index in [1.165, 1.54) is 4.88 Å². The number of halogens is 1. The zero-order chi connectivity index (χ0) is 13.1. The van der Waals surface area contributed by atoms with Crippen LogP contribution in [0.25, 0.3) is 0 Å². The lowest BCUT2D eigenvalue weighted by Gasteiger charge is -2.20. The molecule has 1 aliphatic rings. The molecule has 1 aliphatic heterocycles. The van der Waals surface area contributed by atoms with Crippen LogP contribution in [0, 0.1) is 0 Å². The minimum absolute atomic E-state index is 0.105. The van der Waals surface area contributed by atoms with Crippen LogP contribution in [-0.2, 0) is 11.3 Å². The van der Waals surface area contributed by atoms with Gasteiger partial charge in [0, 0.05) is 34.9 Å². The molecule has 1 aromatic rings. The first-order valence-electron chi connectivity index (χ1n) is 5.92. The van der Waals surface area contributed by atoms with Crippen molar-refractivity contribution >= 4 is 33.2 Å². The first-order valence-corrected chi connectivity index (χ1v) is 7.59. The molecule has 1 amide bonds. The third kappa shape index (κ3) is 3.78. The van der Waals surface area contributed by atoms with Crippen molar-refractivity contribution in [2.45, 2.75) is 19.1 Å². The molecule has 0 aliphatic carbocycles. The SMILES string of the molecule is CN(Cc1cc(Br)cs1)C(=O)CN1CC[C@@H](O)C1. The normalized spacial score (nSPS) is 20.3. The van der Waals surface area contributed by atoms with Crippen molar-refractivity contribution in [2.24, 2.45) is 0 Å². The summed E-state index contributed by atoms with van der Waals surface area (Å²) in [5.41, 5.74) is 0. The van der Waals surface area contributed by atoms with E-state index in [4.69, 9.17) is 0 Å². The van der Waals surface area contributed by atoms with E-state index in [0.29, 0.717) is 19.6 Å². The fraction of sp³-hybridized carbons (Fsp3) is 0.583. The zero-order valence-electron chi connectivity index (χ0n) is 10.3. The first kappa shape index (κ1) is 14.0. The van der Waals surface area contributed by atoms with Gasteiger partial charge < -0.3 is 10.0 Å². The number of nitrogens with zero attached hydrogens (tertiary/aromatic N) is 2. The molecule has 0 aromatic carbocycles. The number of likely N-dealkylation sites (tertiary alicyclic amines) is 1. The first-order chi connectivity index (χ1) is 8.54. The van der Waals surface area contributed by atoms with Gasteiger partial charge in [-0.1, -0.05) is 0 Å². The van der Waals surface area contributed by atoms with Gasteiger partial charge in [-0.05, 0) is 28.4 Å². The van der Waals surface area contributed by atoms with Crippen molar-refractivity contribution in [2.75, 3.05) is 26.7 Å². The summed E-state index contributed by atoms with van der Waals surface area (Å²) >= 11 is 5.05. The summed E-state index contributed by atoms with van der Waals surface area (Å²) in [5, 5.41) is 11.4. The zero-order valence-corrected chi connectivity index (χ0v) is 12.7. The molecule has 0 saturated carbocycles. The maximum Gasteiger partial charge on any atom is 0.236 e. The molecular weight excluding hydrogens is 316 g/mol. The second-order valence-corrected chi connectivity index (χ2v) is 6.57. The number of aliphatic hydroxyl groups is 1. The number of amides is 1. The van der Waals surface area contributed by atoms with Gasteiger partial charge in [-0.2, -0.15) is 0 Å². The van der Waals surface area contributed by atoms with Crippen LogP contribution in [0.5, 0.6) is 0 Å². The van der Waals surface area contributed by atoms with Crippen molar-refractivity contribution in [1.29, 1.82) is 0 Å². The molecule has 1 fully saturated rings. The van der Waals surface area contributed by atoms with Crippen LogP contribution < -0.4 is 0 Å². The number of rotatable bonds is 4. The van der Waals surface area contributed by atoms with E-state index in [-0.39, 0.29) is 12.0 Å². The topological polar surface area (TPSA) is 43.8 Å². The Balaban J connectivity index is 1.81. The van der Waals surface area contributed by atoms with Gasteiger partial charge in [-0.3, -0.25) is 9.69 Å². The molecule has 2 rings (SSSR count).